The first-order valence-electron chi connectivity index (χ1n) is 10.0. The molecule has 0 aromatic heterocycles. The SMILES string of the molecule is O=C(CCCC(=O)c1ccc(/C=C/C(c2ccc(F)c(Cl)c2)C(F)(F)F)cc1Br)NCC(F)(F)F. The Bertz CT molecular complexity index is 1100. The van der Waals surface area contributed by atoms with Crippen molar-refractivity contribution in [3.8, 4) is 0 Å². The van der Waals surface area contributed by atoms with Gasteiger partial charge < -0.3 is 5.32 Å². The molecule has 0 heterocycles. The number of benzene rings is 2. The number of Topliss-reactive ketones (excluding diaryl/α,β-unsaturated/α-hetero) is 1. The molecule has 0 aliphatic rings. The number of ketones is 1. The molecule has 0 saturated heterocycles. The summed E-state index contributed by atoms with van der Waals surface area (Å²) in [5.41, 5.74) is 0.295. The van der Waals surface area contributed by atoms with Crippen LogP contribution in [0.3, 0.4) is 0 Å². The summed E-state index contributed by atoms with van der Waals surface area (Å²) in [6.45, 7) is -1.45. The molecule has 1 unspecified atom stereocenters. The minimum atomic E-state index is -4.67. The van der Waals surface area contributed by atoms with Crippen molar-refractivity contribution in [2.75, 3.05) is 6.54 Å². The summed E-state index contributed by atoms with van der Waals surface area (Å²) in [4.78, 5) is 23.8. The number of rotatable bonds is 9. The van der Waals surface area contributed by atoms with Gasteiger partial charge in [0.25, 0.3) is 0 Å². The lowest BCUT2D eigenvalue weighted by Gasteiger charge is -2.17. The van der Waals surface area contributed by atoms with Crippen LogP contribution in [0.1, 0.15) is 46.7 Å². The van der Waals surface area contributed by atoms with Gasteiger partial charge in [-0.1, -0.05) is 51.8 Å². The predicted octanol–water partition coefficient (Wildman–Crippen LogP) is 7.63. The van der Waals surface area contributed by atoms with E-state index in [-0.39, 0.29) is 30.4 Å². The van der Waals surface area contributed by atoms with E-state index in [0.717, 1.165) is 24.3 Å². The van der Waals surface area contributed by atoms with E-state index in [0.29, 0.717) is 10.0 Å². The molecule has 0 bridgehead atoms. The summed E-state index contributed by atoms with van der Waals surface area (Å²) in [7, 11) is 0. The van der Waals surface area contributed by atoms with Crippen molar-refractivity contribution in [1.82, 2.24) is 5.32 Å². The van der Waals surface area contributed by atoms with Crippen molar-refractivity contribution in [1.29, 1.82) is 0 Å². The monoisotopic (exact) mass is 587 g/mol. The van der Waals surface area contributed by atoms with E-state index >= 15 is 0 Å². The first kappa shape index (κ1) is 28.8. The van der Waals surface area contributed by atoms with Gasteiger partial charge >= 0.3 is 12.4 Å². The molecule has 2 aromatic rings. The van der Waals surface area contributed by atoms with Gasteiger partial charge in [-0.15, -0.1) is 0 Å². The summed E-state index contributed by atoms with van der Waals surface area (Å²) in [5.74, 6) is -4.13. The number of nitrogens with one attached hydrogen (secondary N) is 1. The molecule has 12 heteroatoms. The Morgan fingerprint density at radius 1 is 1.03 bits per heavy atom. The third-order valence-corrected chi connectivity index (χ3v) is 5.67. The van der Waals surface area contributed by atoms with Crippen molar-refractivity contribution in [3.63, 3.8) is 0 Å². The van der Waals surface area contributed by atoms with Crippen LogP contribution in [-0.4, -0.2) is 30.6 Å². The summed E-state index contributed by atoms with van der Waals surface area (Å²) < 4.78 is 90.5. The van der Waals surface area contributed by atoms with Crippen LogP contribution in [0.4, 0.5) is 30.7 Å². The second-order valence-corrected chi connectivity index (χ2v) is 8.72. The van der Waals surface area contributed by atoms with Gasteiger partial charge in [-0.25, -0.2) is 4.39 Å². The summed E-state index contributed by atoms with van der Waals surface area (Å²) >= 11 is 8.79. The fourth-order valence-electron chi connectivity index (χ4n) is 3.01. The predicted molar refractivity (Wildman–Crippen MR) is 121 cm³/mol. The zero-order chi connectivity index (χ0) is 26.4. The Balaban J connectivity index is 2.05. The lowest BCUT2D eigenvalue weighted by atomic mass is 9.96. The number of alkyl halides is 6. The molecule has 0 spiro atoms. The lowest BCUT2D eigenvalue weighted by molar-refractivity contribution is -0.139. The molecule has 0 aliphatic carbocycles. The molecule has 0 saturated carbocycles. The van der Waals surface area contributed by atoms with E-state index in [4.69, 9.17) is 11.6 Å². The maximum absolute atomic E-state index is 13.5. The smallest absolute Gasteiger partial charge is 0.347 e. The third-order valence-electron chi connectivity index (χ3n) is 4.72. The average molecular weight is 589 g/mol. The van der Waals surface area contributed by atoms with Crippen LogP contribution in [0.15, 0.2) is 46.9 Å². The highest BCUT2D eigenvalue weighted by atomic mass is 79.9. The highest BCUT2D eigenvalue weighted by Gasteiger charge is 2.39. The van der Waals surface area contributed by atoms with Gasteiger partial charge in [-0.3, -0.25) is 9.59 Å². The van der Waals surface area contributed by atoms with Gasteiger partial charge in [-0.2, -0.15) is 26.3 Å². The van der Waals surface area contributed by atoms with Crippen LogP contribution in [0.25, 0.3) is 6.08 Å². The highest BCUT2D eigenvalue weighted by Crippen LogP contribution is 2.38. The average Bonchev–Trinajstić information content (AvgIpc) is 2.73. The van der Waals surface area contributed by atoms with E-state index in [1.807, 2.05) is 0 Å². The van der Waals surface area contributed by atoms with E-state index in [1.165, 1.54) is 24.3 Å². The van der Waals surface area contributed by atoms with Crippen LogP contribution in [0.5, 0.6) is 0 Å². The van der Waals surface area contributed by atoms with E-state index in [9.17, 15) is 40.3 Å². The van der Waals surface area contributed by atoms with Crippen LogP contribution in [0, 0.1) is 5.82 Å². The second kappa shape index (κ2) is 12.0. The molecular formula is C23H18BrClF7NO2. The number of hydrogen-bond donors (Lipinski definition) is 1. The first-order valence-corrected chi connectivity index (χ1v) is 11.2. The quantitative estimate of drug-likeness (QED) is 0.242. The molecule has 190 valence electrons. The number of allylic oxidation sites excluding steroid dienone is 1. The van der Waals surface area contributed by atoms with Crippen molar-refractivity contribution in [3.05, 3.63) is 74.5 Å². The Labute approximate surface area is 209 Å². The van der Waals surface area contributed by atoms with Crippen LogP contribution < -0.4 is 5.32 Å². The van der Waals surface area contributed by atoms with Crippen LogP contribution >= 0.6 is 27.5 Å². The minimum Gasteiger partial charge on any atom is -0.347 e. The van der Waals surface area contributed by atoms with Gasteiger partial charge in [0.2, 0.25) is 5.91 Å². The Morgan fingerprint density at radius 3 is 2.29 bits per heavy atom. The van der Waals surface area contributed by atoms with Crippen molar-refractivity contribution in [2.24, 2.45) is 0 Å². The molecule has 2 aromatic carbocycles. The number of carbonyl (C=O) groups is 2. The van der Waals surface area contributed by atoms with Crippen LogP contribution in [-0.2, 0) is 4.79 Å². The molecule has 1 N–H and O–H groups in total. The molecule has 1 atom stereocenters. The van der Waals surface area contributed by atoms with Crippen molar-refractivity contribution >= 4 is 45.3 Å². The maximum Gasteiger partial charge on any atom is 0.405 e. The Morgan fingerprint density at radius 2 is 1.71 bits per heavy atom. The number of carbonyl (C=O) groups excluding carboxylic acids is 2. The van der Waals surface area contributed by atoms with E-state index < -0.39 is 47.3 Å². The Hall–Kier alpha value is -2.40. The van der Waals surface area contributed by atoms with E-state index in [1.54, 1.807) is 5.32 Å². The molecule has 0 radical (unpaired) electrons. The summed E-state index contributed by atoms with van der Waals surface area (Å²) in [5, 5.41) is 1.27. The molecular weight excluding hydrogens is 571 g/mol. The van der Waals surface area contributed by atoms with Gasteiger partial charge in [0, 0.05) is 22.9 Å². The fraction of sp³-hybridized carbons (Fsp3) is 0.304. The normalized spacial score (nSPS) is 13.2. The lowest BCUT2D eigenvalue weighted by Crippen LogP contribution is -2.33. The largest absolute Gasteiger partial charge is 0.405 e. The van der Waals surface area contributed by atoms with E-state index in [2.05, 4.69) is 15.9 Å². The second-order valence-electron chi connectivity index (χ2n) is 7.46. The summed E-state index contributed by atoms with van der Waals surface area (Å²) in [6, 6.07) is 6.96. The highest BCUT2D eigenvalue weighted by molar-refractivity contribution is 9.10. The molecule has 35 heavy (non-hydrogen) atoms. The molecule has 2 rings (SSSR count). The topological polar surface area (TPSA) is 46.2 Å². The van der Waals surface area contributed by atoms with Gasteiger partial charge in [0.1, 0.15) is 12.4 Å². The summed E-state index contributed by atoms with van der Waals surface area (Å²) in [6.07, 6.45) is -7.49. The first-order chi connectivity index (χ1) is 16.2. The zero-order valence-electron chi connectivity index (χ0n) is 17.7. The number of amides is 1. The molecule has 0 fully saturated rings. The minimum absolute atomic E-state index is 0.0180. The van der Waals surface area contributed by atoms with Crippen molar-refractivity contribution < 1.29 is 40.3 Å². The third kappa shape index (κ3) is 9.29. The van der Waals surface area contributed by atoms with Gasteiger partial charge in [0.05, 0.1) is 10.9 Å². The Kier molecular flexibility index (Phi) is 9.91. The zero-order valence-corrected chi connectivity index (χ0v) is 20.1. The molecule has 3 nitrogen and oxygen atoms in total. The molecule has 1 amide bonds. The van der Waals surface area contributed by atoms with Gasteiger partial charge in [0.15, 0.2) is 5.78 Å². The maximum atomic E-state index is 13.5. The van der Waals surface area contributed by atoms with Gasteiger partial charge in [-0.05, 0) is 41.8 Å². The number of hydrogen-bond acceptors (Lipinski definition) is 2. The van der Waals surface area contributed by atoms with Crippen LogP contribution in [0.2, 0.25) is 5.02 Å². The molecule has 0 aliphatic heterocycles. The van der Waals surface area contributed by atoms with Crippen molar-refractivity contribution in [2.45, 2.75) is 37.5 Å². The standard InChI is InChI=1S/C23H18BrClF7NO2/c24-17-10-13(5-8-16(23(30,31)32)14-6-9-19(26)18(25)11-14)4-7-15(17)20(34)2-1-3-21(35)33-12-22(27,28)29/h4-11,16H,1-3,12H2,(H,33,35)/b8-5+. The number of halogens is 9. The fourth-order valence-corrected chi connectivity index (χ4v) is 3.82.